The van der Waals surface area contributed by atoms with Crippen LogP contribution in [0.3, 0.4) is 0 Å². The maximum absolute atomic E-state index is 13.3. The monoisotopic (exact) mass is 306 g/mol. The van der Waals surface area contributed by atoms with E-state index in [1.54, 1.807) is 24.3 Å². The van der Waals surface area contributed by atoms with Crippen LogP contribution in [-0.4, -0.2) is 9.67 Å². The third kappa shape index (κ3) is 2.08. The van der Waals surface area contributed by atoms with Crippen LogP contribution < -0.4 is 0 Å². The van der Waals surface area contributed by atoms with Crippen LogP contribution in [0.2, 0.25) is 0 Å². The molecule has 0 bridgehead atoms. The third-order valence-corrected chi connectivity index (χ3v) is 4.68. The number of halogens is 1. The Labute approximate surface area is 133 Å². The number of nitriles is 1. The maximum atomic E-state index is 13.3. The molecule has 1 aliphatic carbocycles. The number of rotatable bonds is 2. The summed E-state index contributed by atoms with van der Waals surface area (Å²) in [6, 6.07) is 13.7. The Hall–Kier alpha value is -2.80. The molecular formula is C19H15FN2O. The van der Waals surface area contributed by atoms with Gasteiger partial charge in [-0.3, -0.25) is 0 Å². The Bertz CT molecular complexity index is 931. The largest absolute Gasteiger partial charge is 0.508 e. The zero-order chi connectivity index (χ0) is 16.0. The van der Waals surface area contributed by atoms with E-state index >= 15 is 0 Å². The lowest BCUT2D eigenvalue weighted by atomic mass is 9.81. The molecule has 4 rings (SSSR count). The molecule has 0 aliphatic heterocycles. The first-order chi connectivity index (χ1) is 11.2. The zero-order valence-electron chi connectivity index (χ0n) is 12.5. The normalized spacial score (nSPS) is 14.6. The summed E-state index contributed by atoms with van der Waals surface area (Å²) in [7, 11) is 0. The number of aromatic hydroxyl groups is 1. The number of hydrogen-bond donors (Lipinski definition) is 1. The molecule has 3 aromatic rings. The molecule has 2 aromatic carbocycles. The molecule has 1 heterocycles. The second kappa shape index (κ2) is 5.13. The summed E-state index contributed by atoms with van der Waals surface area (Å²) >= 11 is 0. The molecule has 1 N–H and O–H groups in total. The lowest BCUT2D eigenvalue weighted by Gasteiger charge is -2.27. The van der Waals surface area contributed by atoms with E-state index in [9.17, 15) is 14.8 Å². The van der Waals surface area contributed by atoms with Gasteiger partial charge >= 0.3 is 0 Å². The molecule has 0 atom stereocenters. The molecule has 1 aromatic heterocycles. The molecule has 1 aliphatic rings. The average molecular weight is 306 g/mol. The van der Waals surface area contributed by atoms with Crippen LogP contribution in [0.25, 0.3) is 16.6 Å². The molecule has 4 heteroatoms. The van der Waals surface area contributed by atoms with E-state index in [-0.39, 0.29) is 11.6 Å². The number of nitrogens with zero attached hydrogens (tertiary/aromatic N) is 2. The lowest BCUT2D eigenvalue weighted by Crippen LogP contribution is -2.14. The molecule has 3 nitrogen and oxygen atoms in total. The topological polar surface area (TPSA) is 49.0 Å². The Balaban J connectivity index is 2.08. The Morgan fingerprint density at radius 1 is 1.13 bits per heavy atom. The minimum atomic E-state index is -0.284. The minimum absolute atomic E-state index is 0.144. The van der Waals surface area contributed by atoms with E-state index in [4.69, 9.17) is 0 Å². The van der Waals surface area contributed by atoms with Crippen LogP contribution in [0.5, 0.6) is 5.75 Å². The van der Waals surface area contributed by atoms with E-state index in [1.807, 2.05) is 10.6 Å². The van der Waals surface area contributed by atoms with Gasteiger partial charge in [-0.05, 0) is 55.3 Å². The molecule has 0 radical (unpaired) electrons. The van der Waals surface area contributed by atoms with Crippen molar-refractivity contribution in [3.8, 4) is 17.5 Å². The van der Waals surface area contributed by atoms with Crippen molar-refractivity contribution >= 4 is 10.9 Å². The minimum Gasteiger partial charge on any atom is -0.508 e. The van der Waals surface area contributed by atoms with E-state index < -0.39 is 0 Å². The van der Waals surface area contributed by atoms with Gasteiger partial charge in [0.05, 0.1) is 11.1 Å². The second-order valence-corrected chi connectivity index (χ2v) is 6.01. The van der Waals surface area contributed by atoms with Crippen molar-refractivity contribution in [2.75, 3.05) is 0 Å². The molecule has 1 saturated carbocycles. The van der Waals surface area contributed by atoms with Gasteiger partial charge in [-0.2, -0.15) is 5.26 Å². The van der Waals surface area contributed by atoms with Crippen molar-refractivity contribution in [1.29, 1.82) is 5.26 Å². The fourth-order valence-electron chi connectivity index (χ4n) is 3.35. The standard InChI is InChI=1S/C19H15FN2O/c20-13-4-6-14(7-5-13)22-18-9-8-15(23)10-16(18)17(11-21)19(22)12-2-1-3-12/h4-10,12,23H,1-3H2. The van der Waals surface area contributed by atoms with Gasteiger partial charge in [0, 0.05) is 22.7 Å². The van der Waals surface area contributed by atoms with E-state index in [2.05, 4.69) is 6.07 Å². The van der Waals surface area contributed by atoms with Gasteiger partial charge < -0.3 is 9.67 Å². The SMILES string of the molecule is N#Cc1c(C2CCC2)n(-c2ccc(F)cc2)c2ccc(O)cc12. The fourth-order valence-corrected chi connectivity index (χ4v) is 3.35. The van der Waals surface area contributed by atoms with Crippen molar-refractivity contribution < 1.29 is 9.50 Å². The number of phenols is 1. The smallest absolute Gasteiger partial charge is 0.123 e. The Morgan fingerprint density at radius 2 is 1.87 bits per heavy atom. The van der Waals surface area contributed by atoms with Gasteiger partial charge in [0.2, 0.25) is 0 Å². The summed E-state index contributed by atoms with van der Waals surface area (Å²) in [6.07, 6.45) is 3.27. The highest BCUT2D eigenvalue weighted by Crippen LogP contribution is 2.43. The first-order valence-corrected chi connectivity index (χ1v) is 7.72. The van der Waals surface area contributed by atoms with Crippen molar-refractivity contribution in [2.24, 2.45) is 0 Å². The van der Waals surface area contributed by atoms with Gasteiger partial charge in [0.15, 0.2) is 0 Å². The molecule has 0 spiro atoms. The van der Waals surface area contributed by atoms with Crippen LogP contribution >= 0.6 is 0 Å². The van der Waals surface area contributed by atoms with E-state index in [0.29, 0.717) is 11.5 Å². The van der Waals surface area contributed by atoms with Gasteiger partial charge in [-0.1, -0.05) is 6.42 Å². The number of aromatic nitrogens is 1. The number of benzene rings is 2. The van der Waals surface area contributed by atoms with Crippen LogP contribution in [0.15, 0.2) is 42.5 Å². The number of hydrogen-bond acceptors (Lipinski definition) is 2. The summed E-state index contributed by atoms with van der Waals surface area (Å²) in [4.78, 5) is 0. The quantitative estimate of drug-likeness (QED) is 0.751. The maximum Gasteiger partial charge on any atom is 0.123 e. The van der Waals surface area contributed by atoms with Crippen LogP contribution in [-0.2, 0) is 0 Å². The summed E-state index contributed by atoms with van der Waals surface area (Å²) in [5, 5.41) is 20.2. The highest BCUT2D eigenvalue weighted by molar-refractivity contribution is 5.91. The second-order valence-electron chi connectivity index (χ2n) is 6.01. The number of fused-ring (bicyclic) bond motifs is 1. The summed E-state index contributed by atoms with van der Waals surface area (Å²) in [6.45, 7) is 0. The molecule has 0 saturated heterocycles. The number of phenolic OH excluding ortho intramolecular Hbond substituents is 1. The van der Waals surface area contributed by atoms with Crippen LogP contribution in [0.1, 0.15) is 36.4 Å². The highest BCUT2D eigenvalue weighted by atomic mass is 19.1. The van der Waals surface area contributed by atoms with Crippen LogP contribution in [0.4, 0.5) is 4.39 Å². The van der Waals surface area contributed by atoms with Gasteiger partial charge in [-0.25, -0.2) is 4.39 Å². The fraction of sp³-hybridized carbons (Fsp3) is 0.211. The summed E-state index contributed by atoms with van der Waals surface area (Å²) in [5.74, 6) is 0.197. The molecule has 0 unspecified atom stereocenters. The van der Waals surface area contributed by atoms with Gasteiger partial charge in [0.1, 0.15) is 17.6 Å². The summed E-state index contributed by atoms with van der Waals surface area (Å²) in [5.41, 5.74) is 3.30. The molecule has 1 fully saturated rings. The Morgan fingerprint density at radius 3 is 2.48 bits per heavy atom. The molecule has 23 heavy (non-hydrogen) atoms. The average Bonchev–Trinajstić information content (AvgIpc) is 2.79. The molecular weight excluding hydrogens is 291 g/mol. The first kappa shape index (κ1) is 13.8. The zero-order valence-corrected chi connectivity index (χ0v) is 12.5. The van der Waals surface area contributed by atoms with Crippen LogP contribution in [0, 0.1) is 17.1 Å². The predicted octanol–water partition coefficient (Wildman–Crippen LogP) is 4.61. The van der Waals surface area contributed by atoms with Crippen molar-refractivity contribution in [2.45, 2.75) is 25.2 Å². The lowest BCUT2D eigenvalue weighted by molar-refractivity contribution is 0.407. The van der Waals surface area contributed by atoms with E-state index in [0.717, 1.165) is 41.5 Å². The Kier molecular flexibility index (Phi) is 3.09. The first-order valence-electron chi connectivity index (χ1n) is 7.72. The van der Waals surface area contributed by atoms with Crippen molar-refractivity contribution in [3.63, 3.8) is 0 Å². The van der Waals surface area contributed by atoms with Crippen molar-refractivity contribution in [3.05, 3.63) is 59.5 Å². The van der Waals surface area contributed by atoms with E-state index in [1.165, 1.54) is 12.1 Å². The summed E-state index contributed by atoms with van der Waals surface area (Å²) < 4.78 is 15.3. The third-order valence-electron chi connectivity index (χ3n) is 4.68. The predicted molar refractivity (Wildman–Crippen MR) is 86.2 cm³/mol. The highest BCUT2D eigenvalue weighted by Gasteiger charge is 2.29. The molecule has 0 amide bonds. The van der Waals surface area contributed by atoms with Crippen molar-refractivity contribution in [1.82, 2.24) is 4.57 Å². The van der Waals surface area contributed by atoms with Gasteiger partial charge in [-0.15, -0.1) is 0 Å². The van der Waals surface area contributed by atoms with Gasteiger partial charge in [0.25, 0.3) is 0 Å². The molecule has 114 valence electrons.